The second-order valence-corrected chi connectivity index (χ2v) is 9.35. The van der Waals surface area contributed by atoms with Crippen LogP contribution < -0.4 is 4.89 Å². The van der Waals surface area contributed by atoms with Crippen LogP contribution in [-0.2, 0) is 32.6 Å². The predicted molar refractivity (Wildman–Crippen MR) is 104 cm³/mol. The fourth-order valence-electron chi connectivity index (χ4n) is 3.35. The average molecular weight is 431 g/mol. The molecule has 2 aliphatic heterocycles. The van der Waals surface area contributed by atoms with Gasteiger partial charge in [-0.1, -0.05) is 0 Å². The summed E-state index contributed by atoms with van der Waals surface area (Å²) in [7, 11) is 6.81. The van der Waals surface area contributed by atoms with E-state index < -0.39 is 44.2 Å². The number of hydrogen-bond donors (Lipinski definition) is 1. The molecule has 0 spiro atoms. The summed E-state index contributed by atoms with van der Waals surface area (Å²) in [5, 5.41) is 9.84. The molecule has 0 aromatic heterocycles. The van der Waals surface area contributed by atoms with E-state index in [2.05, 4.69) is 0 Å². The molecule has 2 rings (SSSR count). The number of aliphatic hydroxyl groups excluding tert-OH is 1. The van der Waals surface area contributed by atoms with Crippen molar-refractivity contribution in [1.29, 1.82) is 0 Å². The van der Waals surface area contributed by atoms with Crippen molar-refractivity contribution < 1.29 is 42.6 Å². The topological polar surface area (TPSA) is 116 Å². The summed E-state index contributed by atoms with van der Waals surface area (Å²) < 4.78 is 45.0. The lowest BCUT2D eigenvalue weighted by atomic mass is 9.93. The monoisotopic (exact) mass is 431 g/mol. The molecule has 3 unspecified atom stereocenters. The molecule has 9 nitrogen and oxygen atoms in total. The summed E-state index contributed by atoms with van der Waals surface area (Å²) in [6.07, 6.45) is -1.83. The van der Waals surface area contributed by atoms with E-state index in [4.69, 9.17) is 43.7 Å². The van der Waals surface area contributed by atoms with Gasteiger partial charge in [-0.15, -0.1) is 0 Å². The maximum atomic E-state index is 12.4. The molecule has 2 aliphatic rings. The summed E-state index contributed by atoms with van der Waals surface area (Å²) in [5.74, 6) is 0. The Morgan fingerprint density at radius 2 is 1.90 bits per heavy atom. The molecule has 7 atom stereocenters. The van der Waals surface area contributed by atoms with Crippen LogP contribution in [0.1, 0.15) is 40.5 Å². The normalized spacial score (nSPS) is 37.4. The first-order valence-corrected chi connectivity index (χ1v) is 11.3. The number of phosphoric ester groups is 1. The van der Waals surface area contributed by atoms with E-state index in [1.165, 1.54) is 0 Å². The van der Waals surface area contributed by atoms with Crippen molar-refractivity contribution in [1.82, 2.24) is 0 Å². The standard InChI is InChI=1S/C17H31B2O9P/c1-10(2)23-9-17(8-20)14(6-16(19)27-17)28-29(21,22)24-7-13-12(25-11(3)4)5-15(18)26-13/h10-16,20H,5-9H2,1-4H3,(H,21,22)/p-1/t12?,13-,14?,15-,16-,17-/m1/s1. The maximum absolute atomic E-state index is 12.4. The van der Waals surface area contributed by atoms with Gasteiger partial charge in [-0.25, -0.2) is 0 Å². The number of phosphoric acid groups is 1. The first-order valence-electron chi connectivity index (χ1n) is 9.82. The van der Waals surface area contributed by atoms with Crippen molar-refractivity contribution in [3.63, 3.8) is 0 Å². The van der Waals surface area contributed by atoms with Gasteiger partial charge < -0.3 is 38.0 Å². The Labute approximate surface area is 175 Å². The minimum absolute atomic E-state index is 0.0570. The Morgan fingerprint density at radius 1 is 1.21 bits per heavy atom. The number of ether oxygens (including phenoxy) is 4. The summed E-state index contributed by atoms with van der Waals surface area (Å²) >= 11 is 0. The van der Waals surface area contributed by atoms with Crippen LogP contribution in [-0.4, -0.2) is 88.7 Å². The average Bonchev–Trinajstić information content (AvgIpc) is 3.09. The van der Waals surface area contributed by atoms with Crippen molar-refractivity contribution >= 4 is 23.5 Å². The van der Waals surface area contributed by atoms with Gasteiger partial charge in [0.25, 0.3) is 7.82 Å². The van der Waals surface area contributed by atoms with E-state index in [1.807, 2.05) is 13.8 Å². The Hall–Kier alpha value is 0.0399. The summed E-state index contributed by atoms with van der Waals surface area (Å²) in [4.78, 5) is 12.4. The molecule has 0 aromatic rings. The SMILES string of the molecule is [B][C@H]1CC(OC(C)C)[C@@H](COP(=O)([O-])OC2C[C@H]([B])O[C@]2(CO)COC(C)C)O1. The Balaban J connectivity index is 1.98. The Morgan fingerprint density at radius 3 is 2.48 bits per heavy atom. The molecule has 2 fully saturated rings. The Bertz CT molecular complexity index is 567. The number of aliphatic hydroxyl groups is 1. The highest BCUT2D eigenvalue weighted by molar-refractivity contribution is 7.45. The fourth-order valence-corrected chi connectivity index (χ4v) is 4.33. The third-order valence-corrected chi connectivity index (χ3v) is 5.65. The van der Waals surface area contributed by atoms with Gasteiger partial charge in [-0.3, -0.25) is 4.57 Å². The first-order chi connectivity index (χ1) is 13.5. The van der Waals surface area contributed by atoms with Crippen molar-refractivity contribution in [2.45, 2.75) is 88.7 Å². The summed E-state index contributed by atoms with van der Waals surface area (Å²) in [5.41, 5.74) is -1.40. The van der Waals surface area contributed by atoms with E-state index in [1.54, 1.807) is 13.8 Å². The molecular weight excluding hydrogens is 401 g/mol. The van der Waals surface area contributed by atoms with E-state index in [-0.39, 0.29) is 37.9 Å². The van der Waals surface area contributed by atoms with Crippen LogP contribution in [0.15, 0.2) is 0 Å². The van der Waals surface area contributed by atoms with Crippen molar-refractivity contribution in [2.24, 2.45) is 0 Å². The Kier molecular flexibility index (Phi) is 9.22. The highest BCUT2D eigenvalue weighted by atomic mass is 31.2. The molecule has 164 valence electrons. The molecular formula is C17H30B2O9P-. The van der Waals surface area contributed by atoms with Crippen molar-refractivity contribution in [3.8, 4) is 0 Å². The molecule has 0 aliphatic carbocycles. The van der Waals surface area contributed by atoms with Gasteiger partial charge >= 0.3 is 0 Å². The maximum Gasteiger partial charge on any atom is 0.268 e. The molecule has 2 saturated heterocycles. The van der Waals surface area contributed by atoms with E-state index >= 15 is 0 Å². The zero-order valence-electron chi connectivity index (χ0n) is 17.4. The van der Waals surface area contributed by atoms with Crippen LogP contribution in [0.4, 0.5) is 0 Å². The van der Waals surface area contributed by atoms with Gasteiger partial charge in [0.2, 0.25) is 0 Å². The van der Waals surface area contributed by atoms with Gasteiger partial charge in [0.05, 0.1) is 38.1 Å². The van der Waals surface area contributed by atoms with Crippen LogP contribution >= 0.6 is 7.82 Å². The van der Waals surface area contributed by atoms with Gasteiger partial charge in [0.1, 0.15) is 33.5 Å². The second-order valence-electron chi connectivity index (χ2n) is 7.98. The van der Waals surface area contributed by atoms with Gasteiger partial charge in [0, 0.05) is 12.0 Å². The molecule has 4 radical (unpaired) electrons. The van der Waals surface area contributed by atoms with Crippen LogP contribution in [0, 0.1) is 0 Å². The fraction of sp³-hybridized carbons (Fsp3) is 1.00. The summed E-state index contributed by atoms with van der Waals surface area (Å²) in [6, 6.07) is -1.36. The second kappa shape index (κ2) is 10.6. The third kappa shape index (κ3) is 7.30. The molecule has 0 saturated carbocycles. The number of hydrogen-bond acceptors (Lipinski definition) is 9. The quantitative estimate of drug-likeness (QED) is 0.357. The van der Waals surface area contributed by atoms with Crippen molar-refractivity contribution in [2.75, 3.05) is 19.8 Å². The van der Waals surface area contributed by atoms with Crippen LogP contribution in [0.25, 0.3) is 0 Å². The molecule has 12 heteroatoms. The minimum atomic E-state index is -4.77. The zero-order valence-corrected chi connectivity index (χ0v) is 18.3. The zero-order chi connectivity index (χ0) is 21.8. The molecule has 0 amide bonds. The lowest BCUT2D eigenvalue weighted by Gasteiger charge is -2.36. The lowest BCUT2D eigenvalue weighted by molar-refractivity contribution is -0.240. The van der Waals surface area contributed by atoms with Gasteiger partial charge in [-0.05, 0) is 40.5 Å². The van der Waals surface area contributed by atoms with E-state index in [9.17, 15) is 14.6 Å². The van der Waals surface area contributed by atoms with Crippen LogP contribution in [0.2, 0.25) is 0 Å². The molecule has 2 heterocycles. The highest BCUT2D eigenvalue weighted by Gasteiger charge is 2.50. The smallest absolute Gasteiger partial charge is 0.268 e. The van der Waals surface area contributed by atoms with Crippen molar-refractivity contribution in [3.05, 3.63) is 0 Å². The minimum Gasteiger partial charge on any atom is -0.756 e. The lowest BCUT2D eigenvalue weighted by Crippen LogP contribution is -2.49. The molecule has 0 bridgehead atoms. The van der Waals surface area contributed by atoms with E-state index in [0.717, 1.165) is 0 Å². The van der Waals surface area contributed by atoms with Gasteiger partial charge in [0.15, 0.2) is 0 Å². The summed E-state index contributed by atoms with van der Waals surface area (Å²) in [6.45, 7) is 6.42. The van der Waals surface area contributed by atoms with Crippen LogP contribution in [0.5, 0.6) is 0 Å². The molecule has 1 N–H and O–H groups in total. The number of rotatable bonds is 11. The molecule has 29 heavy (non-hydrogen) atoms. The van der Waals surface area contributed by atoms with E-state index in [0.29, 0.717) is 6.42 Å². The molecule has 0 aromatic carbocycles. The third-order valence-electron chi connectivity index (χ3n) is 4.68. The largest absolute Gasteiger partial charge is 0.756 e. The van der Waals surface area contributed by atoms with Crippen LogP contribution in [0.3, 0.4) is 0 Å². The first kappa shape index (κ1) is 25.3. The van der Waals surface area contributed by atoms with Gasteiger partial charge in [-0.2, -0.15) is 0 Å². The predicted octanol–water partition coefficient (Wildman–Crippen LogP) is 0.00470. The highest BCUT2D eigenvalue weighted by Crippen LogP contribution is 2.46.